The number of esters is 1. The van der Waals surface area contributed by atoms with E-state index in [1.54, 1.807) is 11.0 Å². The van der Waals surface area contributed by atoms with Crippen molar-refractivity contribution in [3.8, 4) is 0 Å². The highest BCUT2D eigenvalue weighted by Gasteiger charge is 2.17. The third-order valence-corrected chi connectivity index (χ3v) is 3.28. The normalized spacial score (nSPS) is 9.94. The Morgan fingerprint density at radius 1 is 1.33 bits per heavy atom. The Hall–Kier alpha value is -1.36. The summed E-state index contributed by atoms with van der Waals surface area (Å²) in [4.78, 5) is 25.0. The standard InChI is InChI=1S/C13H16BrNO3/c1-3-15(9-8-12(16)18-2)13(17)10-6-4-5-7-11(10)14/h4-7H,3,8-9H2,1-2H3. The van der Waals surface area contributed by atoms with Crippen molar-refractivity contribution in [3.05, 3.63) is 34.3 Å². The molecule has 0 atom stereocenters. The third kappa shape index (κ3) is 3.84. The lowest BCUT2D eigenvalue weighted by Gasteiger charge is -2.20. The first-order valence-electron chi connectivity index (χ1n) is 5.70. The number of benzene rings is 1. The maximum atomic E-state index is 12.2. The van der Waals surface area contributed by atoms with Crippen LogP contribution in [0.3, 0.4) is 0 Å². The summed E-state index contributed by atoms with van der Waals surface area (Å²) in [6, 6.07) is 7.24. The van der Waals surface area contributed by atoms with Crippen molar-refractivity contribution in [2.45, 2.75) is 13.3 Å². The van der Waals surface area contributed by atoms with E-state index in [1.165, 1.54) is 7.11 Å². The van der Waals surface area contributed by atoms with Crippen LogP contribution >= 0.6 is 15.9 Å². The molecule has 18 heavy (non-hydrogen) atoms. The molecule has 1 rings (SSSR count). The molecule has 0 radical (unpaired) electrons. The molecule has 4 nitrogen and oxygen atoms in total. The molecule has 1 aromatic rings. The summed E-state index contributed by atoms with van der Waals surface area (Å²) in [5.74, 6) is -0.401. The number of ether oxygens (including phenoxy) is 1. The molecule has 0 aliphatic heterocycles. The van der Waals surface area contributed by atoms with Crippen molar-refractivity contribution in [1.82, 2.24) is 4.90 Å². The van der Waals surface area contributed by atoms with Gasteiger partial charge in [0.1, 0.15) is 0 Å². The fourth-order valence-electron chi connectivity index (χ4n) is 1.54. The van der Waals surface area contributed by atoms with Gasteiger partial charge in [0.25, 0.3) is 5.91 Å². The van der Waals surface area contributed by atoms with Gasteiger partial charge in [-0.2, -0.15) is 0 Å². The number of rotatable bonds is 5. The van der Waals surface area contributed by atoms with Crippen LogP contribution in [0.5, 0.6) is 0 Å². The minimum atomic E-state index is -0.312. The summed E-state index contributed by atoms with van der Waals surface area (Å²) >= 11 is 3.35. The summed E-state index contributed by atoms with van der Waals surface area (Å²) in [6.07, 6.45) is 0.209. The van der Waals surface area contributed by atoms with Gasteiger partial charge in [0.05, 0.1) is 19.1 Å². The van der Waals surface area contributed by atoms with E-state index in [0.29, 0.717) is 18.7 Å². The average molecular weight is 314 g/mol. The predicted octanol–water partition coefficient (Wildman–Crippen LogP) is 2.47. The molecule has 0 aliphatic carbocycles. The largest absolute Gasteiger partial charge is 0.469 e. The molecule has 98 valence electrons. The summed E-state index contributed by atoms with van der Waals surface area (Å²) < 4.78 is 5.32. The molecule has 1 amide bonds. The van der Waals surface area contributed by atoms with Gasteiger partial charge in [-0.1, -0.05) is 12.1 Å². The Bertz CT molecular complexity index is 434. The first-order chi connectivity index (χ1) is 8.60. The van der Waals surface area contributed by atoms with Gasteiger partial charge in [0.15, 0.2) is 0 Å². The highest BCUT2D eigenvalue weighted by Crippen LogP contribution is 2.17. The van der Waals surface area contributed by atoms with E-state index in [-0.39, 0.29) is 18.3 Å². The first-order valence-corrected chi connectivity index (χ1v) is 6.50. The number of halogens is 1. The Morgan fingerprint density at radius 3 is 2.56 bits per heavy atom. The van der Waals surface area contributed by atoms with E-state index in [2.05, 4.69) is 20.7 Å². The number of carbonyl (C=O) groups excluding carboxylic acids is 2. The second-order valence-electron chi connectivity index (χ2n) is 3.69. The molecular weight excluding hydrogens is 298 g/mol. The maximum absolute atomic E-state index is 12.2. The molecule has 0 aliphatic rings. The van der Waals surface area contributed by atoms with E-state index in [1.807, 2.05) is 25.1 Å². The van der Waals surface area contributed by atoms with Crippen LogP contribution in [0.15, 0.2) is 28.7 Å². The monoisotopic (exact) mass is 313 g/mol. The van der Waals surface area contributed by atoms with E-state index in [4.69, 9.17) is 0 Å². The molecule has 0 fully saturated rings. The lowest BCUT2D eigenvalue weighted by atomic mass is 10.2. The topological polar surface area (TPSA) is 46.6 Å². The van der Waals surface area contributed by atoms with Crippen LogP contribution in [0.4, 0.5) is 0 Å². The van der Waals surface area contributed by atoms with Crippen molar-refractivity contribution in [3.63, 3.8) is 0 Å². The average Bonchev–Trinajstić information content (AvgIpc) is 2.39. The van der Waals surface area contributed by atoms with Crippen molar-refractivity contribution < 1.29 is 14.3 Å². The van der Waals surface area contributed by atoms with Crippen LogP contribution in [-0.2, 0) is 9.53 Å². The van der Waals surface area contributed by atoms with Gasteiger partial charge in [-0.15, -0.1) is 0 Å². The first kappa shape index (κ1) is 14.7. The van der Waals surface area contributed by atoms with Gasteiger partial charge in [-0.25, -0.2) is 0 Å². The van der Waals surface area contributed by atoms with E-state index < -0.39 is 0 Å². The number of nitrogens with zero attached hydrogens (tertiary/aromatic N) is 1. The van der Waals surface area contributed by atoms with E-state index in [9.17, 15) is 9.59 Å². The molecule has 0 N–H and O–H groups in total. The molecule has 0 saturated heterocycles. The highest BCUT2D eigenvalue weighted by atomic mass is 79.9. The number of hydrogen-bond acceptors (Lipinski definition) is 3. The second kappa shape index (κ2) is 7.16. The maximum Gasteiger partial charge on any atom is 0.307 e. The van der Waals surface area contributed by atoms with Crippen LogP contribution in [-0.4, -0.2) is 37.0 Å². The lowest BCUT2D eigenvalue weighted by molar-refractivity contribution is -0.140. The lowest BCUT2D eigenvalue weighted by Crippen LogP contribution is -2.33. The van der Waals surface area contributed by atoms with Crippen molar-refractivity contribution in [2.75, 3.05) is 20.2 Å². The van der Waals surface area contributed by atoms with Gasteiger partial charge in [0, 0.05) is 17.6 Å². The van der Waals surface area contributed by atoms with Crippen LogP contribution in [0.2, 0.25) is 0 Å². The van der Waals surface area contributed by atoms with Gasteiger partial charge in [0.2, 0.25) is 0 Å². The Balaban J connectivity index is 2.74. The Kier molecular flexibility index (Phi) is 5.85. The number of amides is 1. The van der Waals surface area contributed by atoms with Crippen LogP contribution < -0.4 is 0 Å². The Labute approximate surface area is 115 Å². The molecule has 0 spiro atoms. The smallest absolute Gasteiger partial charge is 0.307 e. The molecule has 1 aromatic carbocycles. The Morgan fingerprint density at radius 2 is 2.00 bits per heavy atom. The summed E-state index contributed by atoms with van der Waals surface area (Å²) in [5.41, 5.74) is 0.601. The van der Waals surface area contributed by atoms with Crippen LogP contribution in [0, 0.1) is 0 Å². The zero-order valence-electron chi connectivity index (χ0n) is 10.5. The van der Waals surface area contributed by atoms with Crippen molar-refractivity contribution in [2.24, 2.45) is 0 Å². The van der Waals surface area contributed by atoms with E-state index >= 15 is 0 Å². The van der Waals surface area contributed by atoms with Crippen molar-refractivity contribution in [1.29, 1.82) is 0 Å². The summed E-state index contributed by atoms with van der Waals surface area (Å²) in [6.45, 7) is 2.80. The fourth-order valence-corrected chi connectivity index (χ4v) is 1.99. The molecular formula is C13H16BrNO3. The zero-order valence-corrected chi connectivity index (χ0v) is 12.1. The highest BCUT2D eigenvalue weighted by molar-refractivity contribution is 9.10. The molecule has 0 heterocycles. The number of methoxy groups -OCH3 is 1. The predicted molar refractivity (Wildman–Crippen MR) is 72.4 cm³/mol. The van der Waals surface area contributed by atoms with Crippen LogP contribution in [0.25, 0.3) is 0 Å². The molecule has 5 heteroatoms. The molecule has 0 saturated carbocycles. The molecule has 0 unspecified atom stereocenters. The quantitative estimate of drug-likeness (QED) is 0.785. The van der Waals surface area contributed by atoms with Gasteiger partial charge >= 0.3 is 5.97 Å². The zero-order chi connectivity index (χ0) is 13.5. The minimum Gasteiger partial charge on any atom is -0.469 e. The SMILES string of the molecule is CCN(CCC(=O)OC)C(=O)c1ccccc1Br. The number of carbonyl (C=O) groups is 2. The van der Waals surface area contributed by atoms with Gasteiger partial charge in [-0.3, -0.25) is 9.59 Å². The van der Waals surface area contributed by atoms with E-state index in [0.717, 1.165) is 4.47 Å². The third-order valence-electron chi connectivity index (χ3n) is 2.59. The minimum absolute atomic E-state index is 0.0890. The molecule has 0 bridgehead atoms. The fraction of sp³-hybridized carbons (Fsp3) is 0.385. The summed E-state index contributed by atoms with van der Waals surface area (Å²) in [5, 5.41) is 0. The summed E-state index contributed by atoms with van der Waals surface area (Å²) in [7, 11) is 1.34. The molecule has 0 aromatic heterocycles. The van der Waals surface area contributed by atoms with Crippen LogP contribution in [0.1, 0.15) is 23.7 Å². The van der Waals surface area contributed by atoms with Gasteiger partial charge < -0.3 is 9.64 Å². The number of hydrogen-bond donors (Lipinski definition) is 0. The van der Waals surface area contributed by atoms with Crippen molar-refractivity contribution >= 4 is 27.8 Å². The van der Waals surface area contributed by atoms with Gasteiger partial charge in [-0.05, 0) is 35.0 Å². The second-order valence-corrected chi connectivity index (χ2v) is 4.55.